The van der Waals surface area contributed by atoms with Crippen LogP contribution in [0, 0.1) is 0 Å². The van der Waals surface area contributed by atoms with Gasteiger partial charge in [-0.15, -0.1) is 0 Å². The van der Waals surface area contributed by atoms with Crippen LogP contribution >= 0.6 is 0 Å². The van der Waals surface area contributed by atoms with Crippen molar-refractivity contribution in [2.75, 3.05) is 0 Å². The highest BCUT2D eigenvalue weighted by atomic mass is 13.9. The molecule has 0 aliphatic rings. The van der Waals surface area contributed by atoms with Crippen LogP contribution < -0.4 is 0 Å². The van der Waals surface area contributed by atoms with Crippen molar-refractivity contribution in [3.63, 3.8) is 0 Å². The fourth-order valence-corrected chi connectivity index (χ4v) is 2.51. The first-order valence-electron chi connectivity index (χ1n) is 8.80. The van der Waals surface area contributed by atoms with E-state index in [9.17, 15) is 0 Å². The fourth-order valence-electron chi connectivity index (χ4n) is 2.51. The number of rotatable bonds is 6. The van der Waals surface area contributed by atoms with Crippen molar-refractivity contribution < 1.29 is 0 Å². The van der Waals surface area contributed by atoms with Crippen LogP contribution in [0.4, 0.5) is 0 Å². The molecule has 0 aliphatic heterocycles. The van der Waals surface area contributed by atoms with Crippen molar-refractivity contribution in [1.29, 1.82) is 0 Å². The van der Waals surface area contributed by atoms with Gasteiger partial charge in [0.15, 0.2) is 0 Å². The molecule has 0 saturated heterocycles. The number of hydrogen-bond acceptors (Lipinski definition) is 0. The average molecular weight is 334 g/mol. The Labute approximate surface area is 156 Å². The zero-order valence-corrected chi connectivity index (χ0v) is 14.7. The smallest absolute Gasteiger partial charge is 0.0256 e. The van der Waals surface area contributed by atoms with Crippen molar-refractivity contribution in [3.8, 4) is 0 Å². The lowest BCUT2D eigenvalue weighted by atomic mass is 10.1. The molecule has 3 aromatic rings. The Hall–Kier alpha value is -3.38. The Bertz CT molecular complexity index is 815. The van der Waals surface area contributed by atoms with Crippen LogP contribution in [0.5, 0.6) is 0 Å². The standard InChI is InChI=1S/C26H22/c1-3-11-23(12-4-1)15-7-9-17-25-19-21-26(22-20-25)18-10-8-16-24-13-5-2-6-14-24/h1-22H/b15-7-,16-8-,17-9-,18-10+. The van der Waals surface area contributed by atoms with Gasteiger partial charge < -0.3 is 0 Å². The van der Waals surface area contributed by atoms with Gasteiger partial charge in [0.05, 0.1) is 0 Å². The van der Waals surface area contributed by atoms with Gasteiger partial charge in [-0.2, -0.15) is 0 Å². The number of hydrogen-bond donors (Lipinski definition) is 0. The molecule has 0 atom stereocenters. The maximum atomic E-state index is 2.13. The highest BCUT2D eigenvalue weighted by Gasteiger charge is 1.88. The largest absolute Gasteiger partial charge is 0.0622 e. The molecule has 0 fully saturated rings. The highest BCUT2D eigenvalue weighted by molar-refractivity contribution is 5.61. The Morgan fingerprint density at radius 2 is 0.577 bits per heavy atom. The van der Waals surface area contributed by atoms with Crippen LogP contribution in [0.2, 0.25) is 0 Å². The molecule has 3 aromatic carbocycles. The minimum atomic E-state index is 1.19. The lowest BCUT2D eigenvalue weighted by molar-refractivity contribution is 1.62. The van der Waals surface area contributed by atoms with Gasteiger partial charge in [0.1, 0.15) is 0 Å². The van der Waals surface area contributed by atoms with Gasteiger partial charge in [-0.25, -0.2) is 0 Å². The van der Waals surface area contributed by atoms with Gasteiger partial charge in [0, 0.05) is 0 Å². The molecule has 0 amide bonds. The molecule has 0 nitrogen and oxygen atoms in total. The molecule has 0 radical (unpaired) electrons. The van der Waals surface area contributed by atoms with E-state index < -0.39 is 0 Å². The Kier molecular flexibility index (Phi) is 6.58. The Balaban J connectivity index is 1.53. The lowest BCUT2D eigenvalue weighted by Crippen LogP contribution is -1.74. The second-order valence-corrected chi connectivity index (χ2v) is 5.92. The minimum absolute atomic E-state index is 1.19. The summed E-state index contributed by atoms with van der Waals surface area (Å²) >= 11 is 0. The molecule has 0 saturated carbocycles. The number of benzene rings is 3. The molecule has 0 aromatic heterocycles. The van der Waals surface area contributed by atoms with E-state index in [1.54, 1.807) is 0 Å². The lowest BCUT2D eigenvalue weighted by Gasteiger charge is -1.95. The third-order valence-corrected chi connectivity index (χ3v) is 3.91. The molecule has 0 aliphatic carbocycles. The van der Waals surface area contributed by atoms with Crippen molar-refractivity contribution >= 4 is 24.3 Å². The number of allylic oxidation sites excluding steroid dienone is 4. The van der Waals surface area contributed by atoms with Crippen LogP contribution in [-0.4, -0.2) is 0 Å². The van der Waals surface area contributed by atoms with Gasteiger partial charge >= 0.3 is 0 Å². The Morgan fingerprint density at radius 1 is 0.308 bits per heavy atom. The average Bonchev–Trinajstić information content (AvgIpc) is 2.71. The maximum Gasteiger partial charge on any atom is -0.0256 e. The van der Waals surface area contributed by atoms with E-state index in [0.29, 0.717) is 0 Å². The molecule has 0 N–H and O–H groups in total. The van der Waals surface area contributed by atoms with Gasteiger partial charge in [-0.05, 0) is 22.3 Å². The van der Waals surface area contributed by atoms with E-state index >= 15 is 0 Å². The molecular weight excluding hydrogens is 312 g/mol. The molecule has 0 unspecified atom stereocenters. The van der Waals surface area contributed by atoms with E-state index in [-0.39, 0.29) is 0 Å². The van der Waals surface area contributed by atoms with Crippen LogP contribution in [-0.2, 0) is 0 Å². The maximum absolute atomic E-state index is 2.13. The summed E-state index contributed by atoms with van der Waals surface area (Å²) < 4.78 is 0. The first-order valence-corrected chi connectivity index (χ1v) is 8.80. The molecule has 0 heteroatoms. The summed E-state index contributed by atoms with van der Waals surface area (Å²) in [5.74, 6) is 0. The molecule has 0 bridgehead atoms. The molecule has 3 rings (SSSR count). The first-order chi connectivity index (χ1) is 12.9. The van der Waals surface area contributed by atoms with E-state index in [4.69, 9.17) is 0 Å². The quantitative estimate of drug-likeness (QED) is 0.420. The summed E-state index contributed by atoms with van der Waals surface area (Å²) in [4.78, 5) is 0. The summed E-state index contributed by atoms with van der Waals surface area (Å²) in [5.41, 5.74) is 4.81. The van der Waals surface area contributed by atoms with Gasteiger partial charge in [0.2, 0.25) is 0 Å². The van der Waals surface area contributed by atoms with Crippen molar-refractivity contribution in [3.05, 3.63) is 131 Å². The third-order valence-electron chi connectivity index (χ3n) is 3.91. The predicted molar refractivity (Wildman–Crippen MR) is 115 cm³/mol. The summed E-state index contributed by atoms with van der Waals surface area (Å²) in [7, 11) is 0. The van der Waals surface area contributed by atoms with Gasteiger partial charge in [-0.1, -0.05) is 134 Å². The van der Waals surface area contributed by atoms with Crippen LogP contribution in [0.3, 0.4) is 0 Å². The van der Waals surface area contributed by atoms with E-state index in [2.05, 4.69) is 97.1 Å². The molecule has 126 valence electrons. The minimum Gasteiger partial charge on any atom is -0.0622 e. The fraction of sp³-hybridized carbons (Fsp3) is 0. The summed E-state index contributed by atoms with van der Waals surface area (Å²) in [6.07, 6.45) is 16.7. The highest BCUT2D eigenvalue weighted by Crippen LogP contribution is 2.09. The molecular formula is C26H22. The zero-order chi connectivity index (χ0) is 17.9. The topological polar surface area (TPSA) is 0 Å². The first kappa shape index (κ1) is 17.4. The van der Waals surface area contributed by atoms with Crippen LogP contribution in [0.25, 0.3) is 24.3 Å². The normalized spacial score (nSPS) is 12.0. The van der Waals surface area contributed by atoms with Crippen molar-refractivity contribution in [1.82, 2.24) is 0 Å². The zero-order valence-electron chi connectivity index (χ0n) is 14.7. The van der Waals surface area contributed by atoms with Crippen LogP contribution in [0.1, 0.15) is 22.3 Å². The van der Waals surface area contributed by atoms with Crippen molar-refractivity contribution in [2.24, 2.45) is 0 Å². The van der Waals surface area contributed by atoms with E-state index in [1.165, 1.54) is 22.3 Å². The third kappa shape index (κ3) is 5.92. The summed E-state index contributed by atoms with van der Waals surface area (Å²) in [6, 6.07) is 29.2. The summed E-state index contributed by atoms with van der Waals surface area (Å²) in [6.45, 7) is 0. The van der Waals surface area contributed by atoms with E-state index in [0.717, 1.165) is 0 Å². The second-order valence-electron chi connectivity index (χ2n) is 5.92. The van der Waals surface area contributed by atoms with Gasteiger partial charge in [-0.3, -0.25) is 0 Å². The van der Waals surface area contributed by atoms with Gasteiger partial charge in [0.25, 0.3) is 0 Å². The van der Waals surface area contributed by atoms with Crippen LogP contribution in [0.15, 0.2) is 109 Å². The van der Waals surface area contributed by atoms with Crippen molar-refractivity contribution in [2.45, 2.75) is 0 Å². The molecule has 0 spiro atoms. The monoisotopic (exact) mass is 334 g/mol. The Morgan fingerprint density at radius 3 is 0.885 bits per heavy atom. The SMILES string of the molecule is C(/C=C\c1ccc(/C=C/C=C\c2ccccc2)cc1)=C/c1ccccc1. The van der Waals surface area contributed by atoms with E-state index in [1.807, 2.05) is 36.4 Å². The second kappa shape index (κ2) is 9.80. The molecule has 26 heavy (non-hydrogen) atoms. The molecule has 0 heterocycles. The predicted octanol–water partition coefficient (Wildman–Crippen LogP) is 7.14. The summed E-state index contributed by atoms with van der Waals surface area (Å²) in [5, 5.41) is 0.